The van der Waals surface area contributed by atoms with Crippen LogP contribution in [-0.4, -0.2) is 33.2 Å². The van der Waals surface area contributed by atoms with Crippen LogP contribution in [0.1, 0.15) is 6.92 Å². The monoisotopic (exact) mass is 161 g/mol. The molecule has 10 heavy (non-hydrogen) atoms. The number of hydrogen-bond donors (Lipinski definition) is 0. The molecule has 2 nitrogen and oxygen atoms in total. The number of rotatable bonds is 4. The molecule has 0 spiro atoms. The summed E-state index contributed by atoms with van der Waals surface area (Å²) in [5.41, 5.74) is 0. The predicted molar refractivity (Wildman–Crippen MR) is 47.6 cm³/mol. The average molecular weight is 161 g/mol. The van der Waals surface area contributed by atoms with Crippen molar-refractivity contribution in [1.82, 2.24) is 4.57 Å². The van der Waals surface area contributed by atoms with Crippen molar-refractivity contribution in [2.24, 2.45) is 0 Å². The standard InChI is InChI=1S/C7H19NOSi/c1-6-8(7-9-2)10(3,4)5/h6-7H2,1-5H3. The topological polar surface area (TPSA) is 12.5 Å². The summed E-state index contributed by atoms with van der Waals surface area (Å²) in [5, 5.41) is 0. The highest BCUT2D eigenvalue weighted by molar-refractivity contribution is 6.73. The molecule has 0 saturated heterocycles. The quantitative estimate of drug-likeness (QED) is 0.460. The summed E-state index contributed by atoms with van der Waals surface area (Å²) in [6, 6.07) is 0. The lowest BCUT2D eigenvalue weighted by Crippen LogP contribution is -2.46. The Hall–Kier alpha value is 0.137. The Labute approximate surface area is 65.3 Å². The summed E-state index contributed by atoms with van der Waals surface area (Å²) in [4.78, 5) is 0. The lowest BCUT2D eigenvalue weighted by molar-refractivity contribution is 0.115. The number of ether oxygens (including phenoxy) is 1. The predicted octanol–water partition coefficient (Wildman–Crippen LogP) is 1.75. The fourth-order valence-electron chi connectivity index (χ4n) is 0.915. The van der Waals surface area contributed by atoms with E-state index in [1.54, 1.807) is 7.11 Å². The molecule has 0 fully saturated rings. The smallest absolute Gasteiger partial charge is 0.121 e. The van der Waals surface area contributed by atoms with Gasteiger partial charge in [0.05, 0.1) is 6.73 Å². The summed E-state index contributed by atoms with van der Waals surface area (Å²) in [7, 11) is 0.653. The van der Waals surface area contributed by atoms with Crippen LogP contribution in [0.25, 0.3) is 0 Å². The van der Waals surface area contributed by atoms with E-state index in [-0.39, 0.29) is 0 Å². The van der Waals surface area contributed by atoms with Crippen LogP contribution in [0.15, 0.2) is 0 Å². The second kappa shape index (κ2) is 4.11. The molecule has 0 aliphatic carbocycles. The molecule has 0 aromatic carbocycles. The van der Waals surface area contributed by atoms with Crippen molar-refractivity contribution >= 4 is 8.24 Å². The molecule has 0 rings (SSSR count). The normalized spacial score (nSPS) is 12.6. The van der Waals surface area contributed by atoms with E-state index in [0.717, 1.165) is 13.3 Å². The molecule has 0 radical (unpaired) electrons. The minimum absolute atomic E-state index is 0.784. The van der Waals surface area contributed by atoms with Gasteiger partial charge in [-0.05, 0) is 6.54 Å². The Bertz CT molecular complexity index is 90.1. The molecule has 0 atom stereocenters. The molecule has 0 aliphatic heterocycles. The van der Waals surface area contributed by atoms with Crippen molar-refractivity contribution in [3.63, 3.8) is 0 Å². The molecule has 0 aromatic rings. The third-order valence-electron chi connectivity index (χ3n) is 1.62. The maximum absolute atomic E-state index is 5.08. The van der Waals surface area contributed by atoms with Gasteiger partial charge in [0, 0.05) is 7.11 Å². The highest BCUT2D eigenvalue weighted by Crippen LogP contribution is 2.07. The van der Waals surface area contributed by atoms with Gasteiger partial charge >= 0.3 is 0 Å². The fraction of sp³-hybridized carbons (Fsp3) is 1.00. The Morgan fingerprint density at radius 3 is 1.90 bits per heavy atom. The van der Waals surface area contributed by atoms with Crippen LogP contribution in [0, 0.1) is 0 Å². The van der Waals surface area contributed by atoms with E-state index in [4.69, 9.17) is 4.74 Å². The molecule has 0 aliphatic rings. The Kier molecular flexibility index (Phi) is 4.16. The van der Waals surface area contributed by atoms with Gasteiger partial charge in [0.15, 0.2) is 0 Å². The molecule has 0 unspecified atom stereocenters. The summed E-state index contributed by atoms with van der Waals surface area (Å²) in [6.45, 7) is 11.0. The second-order valence-corrected chi connectivity index (χ2v) is 8.42. The number of hydrogen-bond acceptors (Lipinski definition) is 2. The van der Waals surface area contributed by atoms with Crippen molar-refractivity contribution < 1.29 is 4.74 Å². The van der Waals surface area contributed by atoms with Crippen molar-refractivity contribution in [3.8, 4) is 0 Å². The third kappa shape index (κ3) is 3.34. The van der Waals surface area contributed by atoms with E-state index >= 15 is 0 Å². The summed E-state index contributed by atoms with van der Waals surface area (Å²) < 4.78 is 7.49. The highest BCUT2D eigenvalue weighted by Gasteiger charge is 2.21. The van der Waals surface area contributed by atoms with Crippen LogP contribution in [0.5, 0.6) is 0 Å². The van der Waals surface area contributed by atoms with Gasteiger partial charge in [-0.3, -0.25) is 0 Å². The van der Waals surface area contributed by atoms with E-state index in [1.165, 1.54) is 0 Å². The first-order valence-electron chi connectivity index (χ1n) is 3.76. The molecule has 3 heteroatoms. The van der Waals surface area contributed by atoms with Gasteiger partial charge in [0.2, 0.25) is 0 Å². The van der Waals surface area contributed by atoms with Crippen molar-refractivity contribution in [2.75, 3.05) is 20.4 Å². The number of methoxy groups -OCH3 is 1. The molecule has 0 bridgehead atoms. The Morgan fingerprint density at radius 2 is 1.80 bits per heavy atom. The molecule has 0 saturated carbocycles. The summed E-state index contributed by atoms with van der Waals surface area (Å²) >= 11 is 0. The van der Waals surface area contributed by atoms with Crippen molar-refractivity contribution in [1.29, 1.82) is 0 Å². The lowest BCUT2D eigenvalue weighted by atomic mass is 10.8. The SMILES string of the molecule is CCN(COC)[Si](C)(C)C. The van der Waals surface area contributed by atoms with E-state index in [2.05, 4.69) is 31.1 Å². The highest BCUT2D eigenvalue weighted by atomic mass is 28.3. The van der Waals surface area contributed by atoms with E-state index in [9.17, 15) is 0 Å². The second-order valence-electron chi connectivity index (χ2n) is 3.44. The zero-order valence-electron chi connectivity index (χ0n) is 7.77. The molecular weight excluding hydrogens is 142 g/mol. The van der Waals surface area contributed by atoms with Gasteiger partial charge < -0.3 is 9.30 Å². The first kappa shape index (κ1) is 10.1. The molecule has 0 N–H and O–H groups in total. The van der Waals surface area contributed by atoms with Gasteiger partial charge in [-0.15, -0.1) is 0 Å². The van der Waals surface area contributed by atoms with Gasteiger partial charge in [-0.25, -0.2) is 0 Å². The van der Waals surface area contributed by atoms with E-state index < -0.39 is 8.24 Å². The molecule has 0 amide bonds. The summed E-state index contributed by atoms with van der Waals surface area (Å²) in [6.07, 6.45) is 0. The van der Waals surface area contributed by atoms with Crippen LogP contribution in [0.2, 0.25) is 19.6 Å². The molecular formula is C7H19NOSi. The van der Waals surface area contributed by atoms with E-state index in [1.807, 2.05) is 0 Å². The zero-order chi connectivity index (χ0) is 8.20. The third-order valence-corrected chi connectivity index (χ3v) is 3.96. The van der Waals surface area contributed by atoms with Crippen LogP contribution < -0.4 is 0 Å². The maximum atomic E-state index is 5.08. The Morgan fingerprint density at radius 1 is 1.30 bits per heavy atom. The van der Waals surface area contributed by atoms with E-state index in [0.29, 0.717) is 0 Å². The first-order chi connectivity index (χ1) is 4.52. The maximum Gasteiger partial charge on any atom is 0.121 e. The van der Waals surface area contributed by atoms with Gasteiger partial charge in [-0.1, -0.05) is 26.6 Å². The lowest BCUT2D eigenvalue weighted by Gasteiger charge is -2.31. The van der Waals surface area contributed by atoms with Gasteiger partial charge in [-0.2, -0.15) is 0 Å². The molecule has 62 valence electrons. The summed E-state index contributed by atoms with van der Waals surface area (Å²) in [5.74, 6) is 0. The van der Waals surface area contributed by atoms with Crippen molar-refractivity contribution in [2.45, 2.75) is 26.6 Å². The van der Waals surface area contributed by atoms with Crippen molar-refractivity contribution in [3.05, 3.63) is 0 Å². The Balaban J connectivity index is 3.81. The van der Waals surface area contributed by atoms with Crippen LogP contribution >= 0.6 is 0 Å². The van der Waals surface area contributed by atoms with Crippen LogP contribution in [-0.2, 0) is 4.74 Å². The first-order valence-corrected chi connectivity index (χ1v) is 7.21. The van der Waals surface area contributed by atoms with Gasteiger partial charge in [0.1, 0.15) is 8.24 Å². The average Bonchev–Trinajstić information content (AvgIpc) is 1.80. The minimum atomic E-state index is -1.10. The minimum Gasteiger partial charge on any atom is -0.370 e. The van der Waals surface area contributed by atoms with Crippen LogP contribution in [0.4, 0.5) is 0 Å². The van der Waals surface area contributed by atoms with Gasteiger partial charge in [0.25, 0.3) is 0 Å². The molecule has 0 aromatic heterocycles. The zero-order valence-corrected chi connectivity index (χ0v) is 8.77. The number of nitrogens with zero attached hydrogens (tertiary/aromatic N) is 1. The fourth-order valence-corrected chi connectivity index (χ4v) is 2.38. The molecule has 0 heterocycles. The largest absolute Gasteiger partial charge is 0.370 e. The van der Waals surface area contributed by atoms with Crippen LogP contribution in [0.3, 0.4) is 0 Å².